The van der Waals surface area contributed by atoms with Gasteiger partial charge in [-0.25, -0.2) is 13.8 Å². The molecule has 6 heteroatoms. The molecule has 0 atom stereocenters. The third-order valence-electron chi connectivity index (χ3n) is 1.67. The molecule has 0 N–H and O–H groups in total. The van der Waals surface area contributed by atoms with Gasteiger partial charge in [-0.15, -0.1) is 0 Å². The maximum absolute atomic E-state index is 12.4. The lowest BCUT2D eigenvalue weighted by Crippen LogP contribution is -2.06. The van der Waals surface area contributed by atoms with E-state index in [1.807, 2.05) is 22.6 Å². The molecule has 3 nitrogen and oxygen atoms in total. The van der Waals surface area contributed by atoms with E-state index in [4.69, 9.17) is 0 Å². The van der Waals surface area contributed by atoms with Crippen LogP contribution < -0.4 is 0 Å². The van der Waals surface area contributed by atoms with E-state index in [0.29, 0.717) is 9.26 Å². The Morgan fingerprint density at radius 2 is 2.27 bits per heavy atom. The zero-order chi connectivity index (χ0) is 11.4. The Hall–Kier alpha value is -0.790. The number of alkyl halides is 2. The molecule has 15 heavy (non-hydrogen) atoms. The molecule has 0 amide bonds. The molecule has 0 bridgehead atoms. The summed E-state index contributed by atoms with van der Waals surface area (Å²) < 4.78 is 29.6. The standard InChI is InChI=1S/C9H8F2INO2/c1-15-8(14)4-5-2-6(9(10)11)13-7(12)3-5/h2-3,9H,4H2,1H3. The number of methoxy groups -OCH3 is 1. The first-order chi connectivity index (χ1) is 7.02. The number of carbonyl (C=O) groups is 1. The van der Waals surface area contributed by atoms with Crippen molar-refractivity contribution in [2.75, 3.05) is 7.11 Å². The van der Waals surface area contributed by atoms with E-state index in [1.54, 1.807) is 6.07 Å². The zero-order valence-corrected chi connectivity index (χ0v) is 9.99. The summed E-state index contributed by atoms with van der Waals surface area (Å²) in [6, 6.07) is 2.78. The molecule has 0 aromatic carbocycles. The van der Waals surface area contributed by atoms with Crippen LogP contribution in [-0.4, -0.2) is 18.1 Å². The van der Waals surface area contributed by atoms with Crippen molar-refractivity contribution in [3.8, 4) is 0 Å². The summed E-state index contributed by atoms with van der Waals surface area (Å²) in [5.74, 6) is -0.461. The average molecular weight is 327 g/mol. The average Bonchev–Trinajstić information content (AvgIpc) is 2.16. The van der Waals surface area contributed by atoms with E-state index < -0.39 is 12.4 Å². The molecular formula is C9H8F2INO2. The summed E-state index contributed by atoms with van der Waals surface area (Å²) in [7, 11) is 1.25. The molecule has 0 aliphatic rings. The highest BCUT2D eigenvalue weighted by atomic mass is 127. The summed E-state index contributed by atoms with van der Waals surface area (Å²) >= 11 is 1.83. The highest BCUT2D eigenvalue weighted by molar-refractivity contribution is 14.1. The molecular weight excluding hydrogens is 319 g/mol. The number of esters is 1. The van der Waals surface area contributed by atoms with Gasteiger partial charge in [-0.05, 0) is 40.3 Å². The Balaban J connectivity index is 2.93. The van der Waals surface area contributed by atoms with Crippen molar-refractivity contribution in [2.24, 2.45) is 0 Å². The van der Waals surface area contributed by atoms with Gasteiger partial charge in [-0.1, -0.05) is 0 Å². The van der Waals surface area contributed by atoms with Gasteiger partial charge in [0.2, 0.25) is 0 Å². The predicted molar refractivity (Wildman–Crippen MR) is 57.6 cm³/mol. The minimum atomic E-state index is -2.63. The Kier molecular flexibility index (Phi) is 4.37. The Bertz CT molecular complexity index is 371. The number of halogens is 3. The lowest BCUT2D eigenvalue weighted by atomic mass is 10.2. The van der Waals surface area contributed by atoms with Gasteiger partial charge in [0.25, 0.3) is 6.43 Å². The summed E-state index contributed by atoms with van der Waals surface area (Å²) in [6.07, 6.45) is -2.65. The van der Waals surface area contributed by atoms with Crippen molar-refractivity contribution in [3.05, 3.63) is 27.1 Å². The number of nitrogens with zero attached hydrogens (tertiary/aromatic N) is 1. The van der Waals surface area contributed by atoms with Crippen molar-refractivity contribution in [1.82, 2.24) is 4.98 Å². The van der Waals surface area contributed by atoms with Crippen LogP contribution in [-0.2, 0) is 16.0 Å². The van der Waals surface area contributed by atoms with Crippen LogP contribution in [0.15, 0.2) is 12.1 Å². The van der Waals surface area contributed by atoms with E-state index in [9.17, 15) is 13.6 Å². The zero-order valence-electron chi connectivity index (χ0n) is 7.84. The lowest BCUT2D eigenvalue weighted by molar-refractivity contribution is -0.139. The van der Waals surface area contributed by atoms with E-state index in [1.165, 1.54) is 13.2 Å². The van der Waals surface area contributed by atoms with Gasteiger partial charge in [-0.3, -0.25) is 4.79 Å². The molecule has 0 saturated carbocycles. The van der Waals surface area contributed by atoms with Crippen LogP contribution in [0.25, 0.3) is 0 Å². The van der Waals surface area contributed by atoms with E-state index in [0.717, 1.165) is 0 Å². The van der Waals surface area contributed by atoms with Gasteiger partial charge in [0, 0.05) is 0 Å². The summed E-state index contributed by atoms with van der Waals surface area (Å²) in [5, 5.41) is 0. The van der Waals surface area contributed by atoms with E-state index >= 15 is 0 Å². The summed E-state index contributed by atoms with van der Waals surface area (Å²) in [6.45, 7) is 0. The molecule has 0 unspecified atom stereocenters. The molecule has 0 aliphatic carbocycles. The van der Waals surface area contributed by atoms with Gasteiger partial charge in [-0.2, -0.15) is 0 Å². The number of aromatic nitrogens is 1. The molecule has 0 aliphatic heterocycles. The quantitative estimate of drug-likeness (QED) is 0.486. The number of ether oxygens (including phenoxy) is 1. The molecule has 0 fully saturated rings. The normalized spacial score (nSPS) is 10.5. The number of rotatable bonds is 3. The fourth-order valence-electron chi connectivity index (χ4n) is 1.03. The second-order valence-electron chi connectivity index (χ2n) is 2.78. The summed E-state index contributed by atoms with van der Waals surface area (Å²) in [5.41, 5.74) is 0.164. The number of pyridine rings is 1. The van der Waals surface area contributed by atoms with Crippen molar-refractivity contribution < 1.29 is 18.3 Å². The first-order valence-corrected chi connectivity index (χ1v) is 5.12. The molecule has 82 valence electrons. The first-order valence-electron chi connectivity index (χ1n) is 4.04. The molecule has 0 saturated heterocycles. The Morgan fingerprint density at radius 1 is 1.60 bits per heavy atom. The van der Waals surface area contributed by atoms with Crippen molar-refractivity contribution in [2.45, 2.75) is 12.8 Å². The van der Waals surface area contributed by atoms with Crippen molar-refractivity contribution >= 4 is 28.6 Å². The van der Waals surface area contributed by atoms with Gasteiger partial charge >= 0.3 is 5.97 Å². The van der Waals surface area contributed by atoms with Crippen molar-refractivity contribution in [1.29, 1.82) is 0 Å². The SMILES string of the molecule is COC(=O)Cc1cc(I)nc(C(F)F)c1. The second-order valence-corrected chi connectivity index (χ2v) is 3.88. The van der Waals surface area contributed by atoms with Crippen LogP contribution in [0.2, 0.25) is 0 Å². The van der Waals surface area contributed by atoms with Crippen LogP contribution in [0.1, 0.15) is 17.7 Å². The minimum Gasteiger partial charge on any atom is -0.469 e. The molecule has 0 spiro atoms. The fraction of sp³-hybridized carbons (Fsp3) is 0.333. The van der Waals surface area contributed by atoms with Crippen LogP contribution >= 0.6 is 22.6 Å². The maximum Gasteiger partial charge on any atom is 0.309 e. The molecule has 1 rings (SSSR count). The number of carbonyl (C=O) groups excluding carboxylic acids is 1. The van der Waals surface area contributed by atoms with E-state index in [-0.39, 0.29) is 12.1 Å². The van der Waals surface area contributed by atoms with E-state index in [2.05, 4.69) is 9.72 Å². The van der Waals surface area contributed by atoms with Crippen LogP contribution in [0.5, 0.6) is 0 Å². The third-order valence-corrected chi connectivity index (χ3v) is 2.23. The fourth-order valence-corrected chi connectivity index (χ4v) is 1.70. The lowest BCUT2D eigenvalue weighted by Gasteiger charge is -2.04. The molecule has 1 heterocycles. The predicted octanol–water partition coefficient (Wildman–Crippen LogP) is 2.34. The molecule has 1 aromatic heterocycles. The monoisotopic (exact) mass is 327 g/mol. The number of hydrogen-bond donors (Lipinski definition) is 0. The highest BCUT2D eigenvalue weighted by Gasteiger charge is 2.12. The maximum atomic E-state index is 12.4. The third kappa shape index (κ3) is 3.69. The largest absolute Gasteiger partial charge is 0.469 e. The first kappa shape index (κ1) is 12.3. The Morgan fingerprint density at radius 3 is 2.80 bits per heavy atom. The van der Waals surface area contributed by atoms with Crippen molar-refractivity contribution in [3.63, 3.8) is 0 Å². The smallest absolute Gasteiger partial charge is 0.309 e. The van der Waals surface area contributed by atoms with Gasteiger partial charge in [0.05, 0.1) is 13.5 Å². The Labute approximate surface area is 99.0 Å². The van der Waals surface area contributed by atoms with Gasteiger partial charge in [0.1, 0.15) is 9.39 Å². The summed E-state index contributed by atoms with van der Waals surface area (Å²) in [4.78, 5) is 14.6. The highest BCUT2D eigenvalue weighted by Crippen LogP contribution is 2.19. The van der Waals surface area contributed by atoms with Gasteiger partial charge in [0.15, 0.2) is 0 Å². The van der Waals surface area contributed by atoms with Crippen LogP contribution in [0.4, 0.5) is 8.78 Å². The van der Waals surface area contributed by atoms with Crippen LogP contribution in [0.3, 0.4) is 0 Å². The number of hydrogen-bond acceptors (Lipinski definition) is 3. The van der Waals surface area contributed by atoms with Crippen LogP contribution in [0, 0.1) is 3.70 Å². The molecule has 0 radical (unpaired) electrons. The minimum absolute atomic E-state index is 0.0191. The second kappa shape index (κ2) is 5.34. The van der Waals surface area contributed by atoms with Gasteiger partial charge < -0.3 is 4.74 Å². The molecule has 1 aromatic rings. The topological polar surface area (TPSA) is 39.2 Å².